The molecule has 6 nitrogen and oxygen atoms in total. The van der Waals surface area contributed by atoms with E-state index >= 15 is 0 Å². The number of benzene rings is 1. The third kappa shape index (κ3) is 3.62. The van der Waals surface area contributed by atoms with Crippen molar-refractivity contribution < 1.29 is 22.8 Å². The van der Waals surface area contributed by atoms with E-state index in [1.807, 2.05) is 4.90 Å². The lowest BCUT2D eigenvalue weighted by atomic mass is 10.1. The van der Waals surface area contributed by atoms with Crippen LogP contribution in [0.4, 0.5) is 13.2 Å². The summed E-state index contributed by atoms with van der Waals surface area (Å²) < 4.78 is 41.9. The van der Waals surface area contributed by atoms with E-state index in [0.29, 0.717) is 13.1 Å². The van der Waals surface area contributed by atoms with Gasteiger partial charge < -0.3 is 14.4 Å². The topological polar surface area (TPSA) is 58.4 Å². The van der Waals surface area contributed by atoms with Crippen LogP contribution >= 0.6 is 15.9 Å². The minimum Gasteiger partial charge on any atom is -0.336 e. The van der Waals surface area contributed by atoms with Gasteiger partial charge in [0.1, 0.15) is 12.1 Å². The van der Waals surface area contributed by atoms with Crippen LogP contribution in [-0.2, 0) is 18.0 Å². The first-order chi connectivity index (χ1) is 13.7. The lowest BCUT2D eigenvalue weighted by Gasteiger charge is -2.37. The number of alkyl halides is 3. The largest absolute Gasteiger partial charge is 0.418 e. The van der Waals surface area contributed by atoms with Crippen LogP contribution in [0.15, 0.2) is 16.6 Å². The average Bonchev–Trinajstić information content (AvgIpc) is 3.29. The molecule has 1 aliphatic heterocycles. The number of nitrogens with zero attached hydrogens (tertiary/aromatic N) is 4. The summed E-state index contributed by atoms with van der Waals surface area (Å²) in [6.45, 7) is 0.715. The Morgan fingerprint density at radius 2 is 1.90 bits per heavy atom. The Labute approximate surface area is 173 Å². The van der Waals surface area contributed by atoms with E-state index < -0.39 is 17.6 Å². The van der Waals surface area contributed by atoms with E-state index in [0.717, 1.165) is 31.7 Å². The van der Waals surface area contributed by atoms with Crippen LogP contribution in [0.3, 0.4) is 0 Å². The molecule has 2 aliphatic rings. The molecule has 0 spiro atoms. The summed E-state index contributed by atoms with van der Waals surface area (Å²) in [6.07, 6.45) is -0.416. The maximum absolute atomic E-state index is 13.4. The second-order valence-electron chi connectivity index (χ2n) is 7.57. The third-order valence-corrected chi connectivity index (χ3v) is 6.22. The molecule has 0 atom stereocenters. The summed E-state index contributed by atoms with van der Waals surface area (Å²) in [6, 6.07) is 2.69. The molecule has 4 rings (SSSR count). The highest BCUT2D eigenvalue weighted by Gasteiger charge is 2.37. The Kier molecular flexibility index (Phi) is 5.08. The van der Waals surface area contributed by atoms with Crippen LogP contribution < -0.4 is 0 Å². The van der Waals surface area contributed by atoms with Gasteiger partial charge >= 0.3 is 6.18 Å². The highest BCUT2D eigenvalue weighted by molar-refractivity contribution is 9.10. The van der Waals surface area contributed by atoms with Gasteiger partial charge in [-0.2, -0.15) is 13.2 Å². The molecule has 2 amide bonds. The molecule has 0 N–H and O–H groups in total. The van der Waals surface area contributed by atoms with Crippen molar-refractivity contribution in [1.82, 2.24) is 19.4 Å². The zero-order chi connectivity index (χ0) is 20.9. The fourth-order valence-electron chi connectivity index (χ4n) is 4.26. The third-order valence-electron chi connectivity index (χ3n) is 5.76. The van der Waals surface area contributed by atoms with Crippen molar-refractivity contribution >= 4 is 38.8 Å². The second-order valence-corrected chi connectivity index (χ2v) is 8.48. The van der Waals surface area contributed by atoms with Crippen molar-refractivity contribution in [3.05, 3.63) is 28.0 Å². The molecule has 1 aromatic carbocycles. The second kappa shape index (κ2) is 7.30. The lowest BCUT2D eigenvalue weighted by Crippen LogP contribution is -2.55. The van der Waals surface area contributed by atoms with Crippen LogP contribution in [0, 0.1) is 0 Å². The van der Waals surface area contributed by atoms with Crippen LogP contribution in [0.1, 0.15) is 41.9 Å². The van der Waals surface area contributed by atoms with Gasteiger partial charge in [0.15, 0.2) is 5.82 Å². The van der Waals surface area contributed by atoms with E-state index in [9.17, 15) is 22.8 Å². The number of rotatable bonds is 2. The van der Waals surface area contributed by atoms with Crippen LogP contribution in [-0.4, -0.2) is 56.8 Å². The molecule has 2 heterocycles. The predicted octanol–water partition coefficient (Wildman–Crippen LogP) is 3.58. The van der Waals surface area contributed by atoms with Gasteiger partial charge in [-0.05, 0) is 25.0 Å². The maximum atomic E-state index is 13.4. The number of piperazine rings is 1. The van der Waals surface area contributed by atoms with Gasteiger partial charge in [-0.1, -0.05) is 28.8 Å². The minimum atomic E-state index is -4.60. The first-order valence-electron chi connectivity index (χ1n) is 9.48. The van der Waals surface area contributed by atoms with Crippen molar-refractivity contribution in [2.75, 3.05) is 19.6 Å². The SMILES string of the molecule is Cn1c(C(=O)N2CCN(C3CCCC3)C(=O)C2)nc2c(C(F)(F)F)cc(Br)cc21. The van der Waals surface area contributed by atoms with E-state index in [1.54, 1.807) is 0 Å². The summed E-state index contributed by atoms with van der Waals surface area (Å²) in [4.78, 5) is 32.8. The summed E-state index contributed by atoms with van der Waals surface area (Å²) in [5.41, 5.74) is -0.980. The molecular weight excluding hydrogens is 453 g/mol. The van der Waals surface area contributed by atoms with Gasteiger partial charge in [-0.25, -0.2) is 4.98 Å². The molecule has 2 fully saturated rings. The van der Waals surface area contributed by atoms with Crippen molar-refractivity contribution in [3.8, 4) is 0 Å². The number of halogens is 4. The maximum Gasteiger partial charge on any atom is 0.418 e. The van der Waals surface area contributed by atoms with E-state index in [2.05, 4.69) is 20.9 Å². The molecule has 1 saturated heterocycles. The molecule has 10 heteroatoms. The molecule has 29 heavy (non-hydrogen) atoms. The number of aromatic nitrogens is 2. The molecule has 1 saturated carbocycles. The molecule has 1 aliphatic carbocycles. The quantitative estimate of drug-likeness (QED) is 0.670. The molecule has 0 radical (unpaired) electrons. The molecule has 2 aromatic rings. The fraction of sp³-hybridized carbons (Fsp3) is 0.526. The molecule has 156 valence electrons. The smallest absolute Gasteiger partial charge is 0.336 e. The number of hydrogen-bond donors (Lipinski definition) is 0. The number of carbonyl (C=O) groups excluding carboxylic acids is 2. The van der Waals surface area contributed by atoms with Crippen molar-refractivity contribution in [2.45, 2.75) is 37.9 Å². The van der Waals surface area contributed by atoms with Gasteiger partial charge in [-0.15, -0.1) is 0 Å². The Bertz CT molecular complexity index is 982. The van der Waals surface area contributed by atoms with Gasteiger partial charge in [0.25, 0.3) is 5.91 Å². The molecular formula is C19H20BrF3N4O2. The summed E-state index contributed by atoms with van der Waals surface area (Å²) in [7, 11) is 1.51. The minimum absolute atomic E-state index is 0.0750. The van der Waals surface area contributed by atoms with Crippen molar-refractivity contribution in [1.29, 1.82) is 0 Å². The predicted molar refractivity (Wildman–Crippen MR) is 103 cm³/mol. The highest BCUT2D eigenvalue weighted by Crippen LogP contribution is 2.37. The number of imidazole rings is 1. The monoisotopic (exact) mass is 472 g/mol. The van der Waals surface area contributed by atoms with E-state index in [-0.39, 0.29) is 39.8 Å². The van der Waals surface area contributed by atoms with Crippen molar-refractivity contribution in [3.63, 3.8) is 0 Å². The normalized spacial score (nSPS) is 18.9. The zero-order valence-electron chi connectivity index (χ0n) is 15.8. The van der Waals surface area contributed by atoms with Gasteiger partial charge in [0.2, 0.25) is 5.91 Å². The average molecular weight is 473 g/mol. The standard InChI is InChI=1S/C19H20BrF3N4O2/c1-25-14-9-11(20)8-13(19(21,22)23)16(14)24-17(25)18(29)26-6-7-27(15(28)10-26)12-4-2-3-5-12/h8-9,12H,2-7,10H2,1H3. The summed E-state index contributed by atoms with van der Waals surface area (Å²) in [5, 5.41) is 0. The van der Waals surface area contributed by atoms with Crippen LogP contribution in [0.5, 0.6) is 0 Å². The Morgan fingerprint density at radius 3 is 2.52 bits per heavy atom. The first-order valence-corrected chi connectivity index (χ1v) is 10.3. The van der Waals surface area contributed by atoms with Crippen LogP contribution in [0.25, 0.3) is 11.0 Å². The molecule has 0 bridgehead atoms. The molecule has 1 aromatic heterocycles. The highest BCUT2D eigenvalue weighted by atomic mass is 79.9. The summed E-state index contributed by atoms with van der Waals surface area (Å²) in [5.74, 6) is -0.757. The number of fused-ring (bicyclic) bond motifs is 1. The van der Waals surface area contributed by atoms with Crippen molar-refractivity contribution in [2.24, 2.45) is 7.05 Å². The zero-order valence-corrected chi connectivity index (χ0v) is 17.4. The van der Waals surface area contributed by atoms with Gasteiger partial charge in [0, 0.05) is 30.7 Å². The Hall–Kier alpha value is -2.10. The molecule has 0 unspecified atom stereocenters. The van der Waals surface area contributed by atoms with E-state index in [4.69, 9.17) is 0 Å². The summed E-state index contributed by atoms with van der Waals surface area (Å²) >= 11 is 3.09. The van der Waals surface area contributed by atoms with E-state index in [1.165, 1.54) is 22.6 Å². The lowest BCUT2D eigenvalue weighted by molar-refractivity contribution is -0.137. The number of hydrogen-bond acceptors (Lipinski definition) is 3. The van der Waals surface area contributed by atoms with Gasteiger partial charge in [-0.3, -0.25) is 9.59 Å². The number of amides is 2. The first kappa shape index (κ1) is 20.2. The number of carbonyl (C=O) groups is 2. The van der Waals surface area contributed by atoms with Crippen LogP contribution in [0.2, 0.25) is 0 Å². The fourth-order valence-corrected chi connectivity index (χ4v) is 4.71. The van der Waals surface area contributed by atoms with Gasteiger partial charge in [0.05, 0.1) is 11.1 Å². The Balaban J connectivity index is 1.62. The Morgan fingerprint density at radius 1 is 1.21 bits per heavy atom. The number of aryl methyl sites for hydroxylation is 1.